The number of pyridine rings is 1. The van der Waals surface area contributed by atoms with Gasteiger partial charge in [0.05, 0.1) is 0 Å². The van der Waals surface area contributed by atoms with Crippen LogP contribution in [0.1, 0.15) is 41.8 Å². The minimum absolute atomic E-state index is 0.914. The number of rotatable bonds is 6. The minimum Gasteiger partial charge on any atom is -0.313 e. The van der Waals surface area contributed by atoms with Crippen LogP contribution < -0.4 is 5.32 Å². The first-order chi connectivity index (χ1) is 9.72. The summed E-state index contributed by atoms with van der Waals surface area (Å²) in [6.07, 6.45) is 3.95. The van der Waals surface area contributed by atoms with Crippen molar-refractivity contribution in [3.8, 4) is 0 Å². The molecule has 1 heterocycles. The molecule has 0 amide bonds. The molecule has 0 atom stereocenters. The molecule has 1 N–H and O–H groups in total. The second-order valence-electron chi connectivity index (χ2n) is 5.23. The van der Waals surface area contributed by atoms with Gasteiger partial charge in [-0.15, -0.1) is 0 Å². The van der Waals surface area contributed by atoms with Gasteiger partial charge in [-0.3, -0.25) is 4.98 Å². The van der Waals surface area contributed by atoms with Crippen LogP contribution >= 0.6 is 0 Å². The molecule has 1 aromatic carbocycles. The fourth-order valence-corrected chi connectivity index (χ4v) is 2.30. The molecular formula is C18H24N2. The van der Waals surface area contributed by atoms with Crippen LogP contribution in [-0.4, -0.2) is 11.5 Å². The SMILES string of the molecule is CCNCc1ccc(Cc2ccc(CC)cn2)c(C)c1. The predicted molar refractivity (Wildman–Crippen MR) is 85.0 cm³/mol. The normalized spacial score (nSPS) is 10.8. The lowest BCUT2D eigenvalue weighted by Crippen LogP contribution is -2.11. The Kier molecular flexibility index (Phi) is 5.31. The van der Waals surface area contributed by atoms with Crippen molar-refractivity contribution >= 4 is 0 Å². The van der Waals surface area contributed by atoms with E-state index in [1.54, 1.807) is 0 Å². The first-order valence-electron chi connectivity index (χ1n) is 7.45. The van der Waals surface area contributed by atoms with Crippen LogP contribution in [0.25, 0.3) is 0 Å². The Morgan fingerprint density at radius 3 is 2.45 bits per heavy atom. The molecule has 20 heavy (non-hydrogen) atoms. The van der Waals surface area contributed by atoms with Crippen molar-refractivity contribution in [2.24, 2.45) is 0 Å². The average Bonchev–Trinajstić information content (AvgIpc) is 2.48. The highest BCUT2D eigenvalue weighted by Gasteiger charge is 2.03. The van der Waals surface area contributed by atoms with E-state index < -0.39 is 0 Å². The van der Waals surface area contributed by atoms with Crippen LogP contribution in [0.15, 0.2) is 36.5 Å². The molecular weight excluding hydrogens is 244 g/mol. The zero-order valence-corrected chi connectivity index (χ0v) is 12.7. The third-order valence-corrected chi connectivity index (χ3v) is 3.65. The molecule has 0 aliphatic rings. The highest BCUT2D eigenvalue weighted by atomic mass is 14.8. The molecule has 0 radical (unpaired) electrons. The Labute approximate surface area is 122 Å². The molecule has 0 aliphatic heterocycles. The lowest BCUT2D eigenvalue weighted by molar-refractivity contribution is 0.726. The van der Waals surface area contributed by atoms with Gasteiger partial charge in [-0.05, 0) is 48.2 Å². The van der Waals surface area contributed by atoms with Crippen molar-refractivity contribution in [3.05, 3.63) is 64.5 Å². The Hall–Kier alpha value is -1.67. The molecule has 106 valence electrons. The summed E-state index contributed by atoms with van der Waals surface area (Å²) in [6.45, 7) is 8.43. The first-order valence-corrected chi connectivity index (χ1v) is 7.45. The van der Waals surface area contributed by atoms with Crippen LogP contribution in [0.5, 0.6) is 0 Å². The Morgan fingerprint density at radius 1 is 1.05 bits per heavy atom. The standard InChI is InChI=1S/C18H24N2/c1-4-15-7-9-18(20-13-15)11-17-8-6-16(10-14(17)3)12-19-5-2/h6-10,13,19H,4-5,11-12H2,1-3H3. The maximum Gasteiger partial charge on any atom is 0.0447 e. The van der Waals surface area contributed by atoms with Crippen LogP contribution in [-0.2, 0) is 19.4 Å². The highest BCUT2D eigenvalue weighted by molar-refractivity contribution is 5.34. The first kappa shape index (κ1) is 14.7. The minimum atomic E-state index is 0.914. The summed E-state index contributed by atoms with van der Waals surface area (Å²) in [6, 6.07) is 11.0. The average molecular weight is 268 g/mol. The van der Waals surface area contributed by atoms with Crippen molar-refractivity contribution in [3.63, 3.8) is 0 Å². The van der Waals surface area contributed by atoms with E-state index in [1.807, 2.05) is 6.20 Å². The molecule has 2 aromatic rings. The summed E-state index contributed by atoms with van der Waals surface area (Å²) < 4.78 is 0. The lowest BCUT2D eigenvalue weighted by atomic mass is 10.0. The molecule has 0 unspecified atom stereocenters. The van der Waals surface area contributed by atoms with E-state index in [9.17, 15) is 0 Å². The van der Waals surface area contributed by atoms with Gasteiger partial charge in [-0.2, -0.15) is 0 Å². The van der Waals surface area contributed by atoms with Gasteiger partial charge < -0.3 is 5.32 Å². The number of nitrogens with one attached hydrogen (secondary N) is 1. The fraction of sp³-hybridized carbons (Fsp3) is 0.389. The van der Waals surface area contributed by atoms with E-state index in [2.05, 4.69) is 61.4 Å². The summed E-state index contributed by atoms with van der Waals surface area (Å²) in [5.74, 6) is 0. The zero-order valence-electron chi connectivity index (χ0n) is 12.7. The molecule has 0 fully saturated rings. The second kappa shape index (κ2) is 7.20. The number of hydrogen-bond donors (Lipinski definition) is 1. The van der Waals surface area contributed by atoms with Crippen molar-refractivity contribution in [1.29, 1.82) is 0 Å². The van der Waals surface area contributed by atoms with E-state index in [4.69, 9.17) is 0 Å². The molecule has 0 spiro atoms. The Bertz CT molecular complexity index is 544. The van der Waals surface area contributed by atoms with Crippen molar-refractivity contribution in [1.82, 2.24) is 10.3 Å². The van der Waals surface area contributed by atoms with E-state index >= 15 is 0 Å². The highest BCUT2D eigenvalue weighted by Crippen LogP contribution is 2.15. The van der Waals surface area contributed by atoms with Gasteiger partial charge in [0.25, 0.3) is 0 Å². The largest absolute Gasteiger partial charge is 0.313 e. The van der Waals surface area contributed by atoms with Crippen molar-refractivity contribution in [2.45, 2.75) is 40.2 Å². The fourth-order valence-electron chi connectivity index (χ4n) is 2.30. The number of hydrogen-bond acceptors (Lipinski definition) is 2. The van der Waals surface area contributed by atoms with Crippen molar-refractivity contribution in [2.75, 3.05) is 6.54 Å². The molecule has 2 heteroatoms. The third kappa shape index (κ3) is 3.91. The van der Waals surface area contributed by atoms with E-state index in [-0.39, 0.29) is 0 Å². The van der Waals surface area contributed by atoms with Gasteiger partial charge in [0.2, 0.25) is 0 Å². The quantitative estimate of drug-likeness (QED) is 0.865. The van der Waals surface area contributed by atoms with Gasteiger partial charge in [0, 0.05) is 24.9 Å². The molecule has 2 nitrogen and oxygen atoms in total. The topological polar surface area (TPSA) is 24.9 Å². The molecule has 0 bridgehead atoms. The summed E-state index contributed by atoms with van der Waals surface area (Å²) in [5.41, 5.74) is 6.50. The predicted octanol–water partition coefficient (Wildman–Crippen LogP) is 3.65. The number of aromatic nitrogens is 1. The van der Waals surface area contributed by atoms with Gasteiger partial charge in [0.1, 0.15) is 0 Å². The van der Waals surface area contributed by atoms with E-state index in [1.165, 1.54) is 22.3 Å². The maximum atomic E-state index is 4.55. The van der Waals surface area contributed by atoms with Gasteiger partial charge in [-0.25, -0.2) is 0 Å². The van der Waals surface area contributed by atoms with Crippen LogP contribution in [0.2, 0.25) is 0 Å². The van der Waals surface area contributed by atoms with Crippen LogP contribution in [0.3, 0.4) is 0 Å². The summed E-state index contributed by atoms with van der Waals surface area (Å²) in [5, 5.41) is 3.36. The number of nitrogens with zero attached hydrogens (tertiary/aromatic N) is 1. The van der Waals surface area contributed by atoms with Crippen LogP contribution in [0, 0.1) is 6.92 Å². The van der Waals surface area contributed by atoms with Crippen LogP contribution in [0.4, 0.5) is 0 Å². The maximum absolute atomic E-state index is 4.55. The molecule has 0 saturated heterocycles. The van der Waals surface area contributed by atoms with Gasteiger partial charge >= 0.3 is 0 Å². The molecule has 0 aliphatic carbocycles. The molecule has 0 saturated carbocycles. The Balaban J connectivity index is 2.08. The van der Waals surface area contributed by atoms with E-state index in [0.29, 0.717) is 0 Å². The van der Waals surface area contributed by atoms with Gasteiger partial charge in [-0.1, -0.05) is 38.1 Å². The summed E-state index contributed by atoms with van der Waals surface area (Å²) >= 11 is 0. The summed E-state index contributed by atoms with van der Waals surface area (Å²) in [4.78, 5) is 4.55. The summed E-state index contributed by atoms with van der Waals surface area (Å²) in [7, 11) is 0. The smallest absolute Gasteiger partial charge is 0.0447 e. The number of aryl methyl sites for hydroxylation is 2. The Morgan fingerprint density at radius 2 is 1.85 bits per heavy atom. The zero-order chi connectivity index (χ0) is 14.4. The molecule has 2 rings (SSSR count). The molecule has 1 aromatic heterocycles. The van der Waals surface area contributed by atoms with E-state index in [0.717, 1.165) is 31.6 Å². The number of benzene rings is 1. The lowest BCUT2D eigenvalue weighted by Gasteiger charge is -2.09. The monoisotopic (exact) mass is 268 g/mol. The van der Waals surface area contributed by atoms with Crippen molar-refractivity contribution < 1.29 is 0 Å². The third-order valence-electron chi connectivity index (χ3n) is 3.65. The second-order valence-corrected chi connectivity index (χ2v) is 5.23. The van der Waals surface area contributed by atoms with Gasteiger partial charge in [0.15, 0.2) is 0 Å².